The number of rotatable bonds is 6. The topological polar surface area (TPSA) is 124 Å². The number of nitrogens with zero attached hydrogens (tertiary/aromatic N) is 3. The van der Waals surface area contributed by atoms with Gasteiger partial charge in [-0.1, -0.05) is 45.0 Å². The summed E-state index contributed by atoms with van der Waals surface area (Å²) in [6.07, 6.45) is 3.83. The molecule has 0 fully saturated rings. The van der Waals surface area contributed by atoms with Crippen LogP contribution in [-0.2, 0) is 24.9 Å². The first-order chi connectivity index (χ1) is 19.1. The van der Waals surface area contributed by atoms with Crippen molar-refractivity contribution in [1.82, 2.24) is 20.1 Å². The van der Waals surface area contributed by atoms with E-state index < -0.39 is 5.91 Å². The van der Waals surface area contributed by atoms with Gasteiger partial charge in [0.15, 0.2) is 0 Å². The smallest absolute Gasteiger partial charge is 0.256 e. The molecule has 3 heterocycles. The van der Waals surface area contributed by atoms with E-state index in [0.29, 0.717) is 41.5 Å². The van der Waals surface area contributed by atoms with Gasteiger partial charge in [0.25, 0.3) is 11.8 Å². The molecule has 9 heteroatoms. The third-order valence-corrected chi connectivity index (χ3v) is 7.32. The van der Waals surface area contributed by atoms with Crippen LogP contribution in [0.15, 0.2) is 54.9 Å². The maximum atomic E-state index is 12.7. The molecule has 9 nitrogen and oxygen atoms in total. The number of carbonyl (C=O) groups is 2. The summed E-state index contributed by atoms with van der Waals surface area (Å²) in [6.45, 7) is 9.48. The quantitative estimate of drug-likeness (QED) is 0.321. The van der Waals surface area contributed by atoms with Crippen molar-refractivity contribution >= 4 is 23.3 Å². The molecule has 1 aliphatic rings. The maximum absolute atomic E-state index is 12.7. The van der Waals surface area contributed by atoms with Gasteiger partial charge in [0, 0.05) is 36.7 Å². The zero-order valence-electron chi connectivity index (χ0n) is 23.5. The molecule has 0 spiro atoms. The van der Waals surface area contributed by atoms with Crippen LogP contribution in [0.4, 0.5) is 11.5 Å². The van der Waals surface area contributed by atoms with Crippen molar-refractivity contribution in [1.29, 1.82) is 0 Å². The number of hydrogen-bond acceptors (Lipinski definition) is 6. The molecule has 5 rings (SSSR count). The predicted octanol–water partition coefficient (Wildman–Crippen LogP) is 4.89. The second kappa shape index (κ2) is 10.5. The van der Waals surface area contributed by atoms with Crippen LogP contribution >= 0.6 is 0 Å². The molecule has 40 heavy (non-hydrogen) atoms. The van der Waals surface area contributed by atoms with Crippen LogP contribution in [0.3, 0.4) is 0 Å². The number of nitrogens with one attached hydrogen (secondary N) is 2. The molecule has 4 N–H and O–H groups in total. The van der Waals surface area contributed by atoms with Crippen LogP contribution in [0.1, 0.15) is 63.7 Å². The van der Waals surface area contributed by atoms with Crippen LogP contribution in [0.5, 0.6) is 5.75 Å². The van der Waals surface area contributed by atoms with Gasteiger partial charge in [0.05, 0.1) is 12.7 Å². The van der Waals surface area contributed by atoms with E-state index in [-0.39, 0.29) is 11.3 Å². The van der Waals surface area contributed by atoms with Gasteiger partial charge >= 0.3 is 0 Å². The summed E-state index contributed by atoms with van der Waals surface area (Å²) in [7, 11) is 1.52. The van der Waals surface area contributed by atoms with Crippen molar-refractivity contribution in [3.63, 3.8) is 0 Å². The largest absolute Gasteiger partial charge is 0.496 e. The Labute approximate surface area is 233 Å². The Balaban J connectivity index is 1.41. The number of carbonyl (C=O) groups excluding carboxylic acids is 2. The monoisotopic (exact) mass is 538 g/mol. The summed E-state index contributed by atoms with van der Waals surface area (Å²) in [4.78, 5) is 29.5. The molecule has 0 aliphatic carbocycles. The standard InChI is InChI=1S/C31H34N6O3/c1-18-14-20(6-7-21(18)16-34-30(39)23-17-33-12-10-25(23)40-5)27-26(28(32)38)29-35-24-9-8-22(31(2,3)4)15-19(24)11-13-37(29)36-27/h6-10,12,14-15,17,35H,11,13,16H2,1-5H3,(H2,32,38)(H,34,39). The highest BCUT2D eigenvalue weighted by Crippen LogP contribution is 2.36. The van der Waals surface area contributed by atoms with E-state index in [1.807, 2.05) is 29.8 Å². The molecule has 0 atom stereocenters. The first-order valence-corrected chi connectivity index (χ1v) is 13.2. The highest BCUT2D eigenvalue weighted by molar-refractivity contribution is 6.04. The molecule has 0 saturated heterocycles. The maximum Gasteiger partial charge on any atom is 0.256 e. The molecule has 2 amide bonds. The number of aryl methyl sites for hydroxylation is 3. The van der Waals surface area contributed by atoms with Crippen LogP contribution in [-0.4, -0.2) is 33.7 Å². The highest BCUT2D eigenvalue weighted by Gasteiger charge is 2.27. The Morgan fingerprint density at radius 3 is 2.65 bits per heavy atom. The van der Waals surface area contributed by atoms with Crippen molar-refractivity contribution in [2.75, 3.05) is 12.4 Å². The first kappa shape index (κ1) is 26.9. The highest BCUT2D eigenvalue weighted by atomic mass is 16.5. The minimum absolute atomic E-state index is 0.0406. The lowest BCUT2D eigenvalue weighted by Gasteiger charge is -2.21. The fraction of sp³-hybridized carbons (Fsp3) is 0.290. The van der Waals surface area contributed by atoms with E-state index in [4.69, 9.17) is 15.6 Å². The zero-order valence-corrected chi connectivity index (χ0v) is 23.5. The summed E-state index contributed by atoms with van der Waals surface area (Å²) in [5.41, 5.74) is 13.3. The lowest BCUT2D eigenvalue weighted by atomic mass is 9.85. The van der Waals surface area contributed by atoms with Gasteiger partial charge in [-0.3, -0.25) is 14.6 Å². The minimum Gasteiger partial charge on any atom is -0.496 e. The molecule has 0 unspecified atom stereocenters. The number of primary amides is 1. The van der Waals surface area contributed by atoms with Crippen molar-refractivity contribution in [3.05, 3.63) is 88.2 Å². The number of ether oxygens (including phenoxy) is 1. The molecule has 2 aromatic carbocycles. The molecular weight excluding hydrogens is 504 g/mol. The third-order valence-electron chi connectivity index (χ3n) is 7.32. The number of fused-ring (bicyclic) bond motifs is 2. The molecule has 0 saturated carbocycles. The second-order valence-corrected chi connectivity index (χ2v) is 11.1. The molecule has 4 aromatic rings. The van der Waals surface area contributed by atoms with E-state index in [2.05, 4.69) is 54.6 Å². The first-order valence-electron chi connectivity index (χ1n) is 13.2. The Morgan fingerprint density at radius 2 is 1.95 bits per heavy atom. The van der Waals surface area contributed by atoms with Gasteiger partial charge < -0.3 is 21.1 Å². The number of amides is 2. The molecule has 0 radical (unpaired) electrons. The number of aromatic nitrogens is 3. The molecular formula is C31H34N6O3. The SMILES string of the molecule is COc1ccncc1C(=O)NCc1ccc(-c2nn3c(c2C(N)=O)Nc2ccc(C(C)(C)C)cc2CC3)cc1C. The summed E-state index contributed by atoms with van der Waals surface area (Å²) >= 11 is 0. The lowest BCUT2D eigenvalue weighted by molar-refractivity contribution is 0.0946. The zero-order chi connectivity index (χ0) is 28.6. The van der Waals surface area contributed by atoms with Crippen LogP contribution in [0, 0.1) is 6.92 Å². The molecule has 2 aromatic heterocycles. The predicted molar refractivity (Wildman–Crippen MR) is 155 cm³/mol. The Morgan fingerprint density at radius 1 is 1.15 bits per heavy atom. The van der Waals surface area contributed by atoms with Gasteiger partial charge in [0.2, 0.25) is 0 Å². The Kier molecular flexibility index (Phi) is 7.06. The Hall–Kier alpha value is -4.66. The summed E-state index contributed by atoms with van der Waals surface area (Å²) < 4.78 is 7.10. The Bertz CT molecular complexity index is 1620. The summed E-state index contributed by atoms with van der Waals surface area (Å²) in [6, 6.07) is 13.9. The average Bonchev–Trinajstić information content (AvgIpc) is 3.19. The van der Waals surface area contributed by atoms with Crippen molar-refractivity contribution in [2.24, 2.45) is 5.73 Å². The van der Waals surface area contributed by atoms with Gasteiger partial charge in [0.1, 0.15) is 22.8 Å². The van der Waals surface area contributed by atoms with Crippen molar-refractivity contribution in [2.45, 2.75) is 52.6 Å². The van der Waals surface area contributed by atoms with Gasteiger partial charge in [-0.05, 0) is 59.2 Å². The minimum atomic E-state index is -0.544. The number of nitrogens with two attached hydrogens (primary N) is 1. The number of benzene rings is 2. The van der Waals surface area contributed by atoms with E-state index in [9.17, 15) is 9.59 Å². The van der Waals surface area contributed by atoms with Gasteiger partial charge in [-0.25, -0.2) is 4.68 Å². The number of anilines is 2. The third kappa shape index (κ3) is 5.14. The normalized spacial score (nSPS) is 12.5. The number of pyridine rings is 1. The van der Waals surface area contributed by atoms with Crippen molar-refractivity contribution in [3.8, 4) is 17.0 Å². The average molecular weight is 539 g/mol. The van der Waals surface area contributed by atoms with Crippen LogP contribution in [0.2, 0.25) is 0 Å². The lowest BCUT2D eigenvalue weighted by Crippen LogP contribution is -2.24. The molecule has 0 bridgehead atoms. The van der Waals surface area contributed by atoms with Crippen LogP contribution < -0.4 is 21.1 Å². The molecule has 206 valence electrons. The number of methoxy groups -OCH3 is 1. The van der Waals surface area contributed by atoms with E-state index >= 15 is 0 Å². The fourth-order valence-corrected chi connectivity index (χ4v) is 4.97. The summed E-state index contributed by atoms with van der Waals surface area (Å²) in [5.74, 6) is 0.245. The van der Waals surface area contributed by atoms with E-state index in [1.165, 1.54) is 24.4 Å². The summed E-state index contributed by atoms with van der Waals surface area (Å²) in [5, 5.41) is 11.2. The molecule has 1 aliphatic heterocycles. The van der Waals surface area contributed by atoms with Gasteiger partial charge in [-0.15, -0.1) is 0 Å². The second-order valence-electron chi connectivity index (χ2n) is 11.1. The number of hydrogen-bond donors (Lipinski definition) is 3. The van der Waals surface area contributed by atoms with Crippen molar-refractivity contribution < 1.29 is 14.3 Å². The van der Waals surface area contributed by atoms with Gasteiger partial charge in [-0.2, -0.15) is 5.10 Å². The van der Waals surface area contributed by atoms with E-state index in [0.717, 1.165) is 28.8 Å². The van der Waals surface area contributed by atoms with E-state index in [1.54, 1.807) is 12.3 Å². The van der Waals surface area contributed by atoms with Crippen LogP contribution in [0.25, 0.3) is 11.3 Å². The fourth-order valence-electron chi connectivity index (χ4n) is 4.97.